The first kappa shape index (κ1) is 17.4. The normalized spacial score (nSPS) is 14.2. The maximum Gasteiger partial charge on any atom is 0.254 e. The van der Waals surface area contributed by atoms with E-state index in [0.717, 1.165) is 17.7 Å². The highest BCUT2D eigenvalue weighted by Crippen LogP contribution is 2.24. The van der Waals surface area contributed by atoms with E-state index in [1.165, 1.54) is 11.0 Å². The van der Waals surface area contributed by atoms with Crippen molar-refractivity contribution in [2.45, 2.75) is 6.92 Å². The van der Waals surface area contributed by atoms with E-state index >= 15 is 0 Å². The fraction of sp³-hybridized carbons (Fsp3) is 0.222. The number of amides is 2. The third-order valence-corrected chi connectivity index (χ3v) is 4.55. The molecule has 0 unspecified atom stereocenters. The molecule has 1 N–H and O–H groups in total. The van der Waals surface area contributed by atoms with E-state index in [2.05, 4.69) is 5.32 Å². The van der Waals surface area contributed by atoms with Crippen LogP contribution in [0.5, 0.6) is 0 Å². The maximum absolute atomic E-state index is 13.2. The molecule has 0 spiro atoms. The predicted octanol–water partition coefficient (Wildman–Crippen LogP) is 3.64. The fourth-order valence-electron chi connectivity index (χ4n) is 2.54. The van der Waals surface area contributed by atoms with Gasteiger partial charge in [-0.15, -0.1) is 0 Å². The van der Waals surface area contributed by atoms with E-state index in [4.69, 9.17) is 11.6 Å². The zero-order valence-corrected chi connectivity index (χ0v) is 14.1. The van der Waals surface area contributed by atoms with Crippen molar-refractivity contribution in [3.63, 3.8) is 0 Å². The van der Waals surface area contributed by atoms with Gasteiger partial charge in [0, 0.05) is 29.4 Å². The van der Waals surface area contributed by atoms with Gasteiger partial charge in [-0.1, -0.05) is 17.7 Å². The highest BCUT2D eigenvalue weighted by atomic mass is 35.5. The molecule has 25 heavy (non-hydrogen) atoms. The second-order valence-corrected chi connectivity index (χ2v) is 6.40. The highest BCUT2D eigenvalue weighted by Gasteiger charge is 2.36. The number of hydrogen-bond donors (Lipinski definition) is 1. The van der Waals surface area contributed by atoms with E-state index in [1.807, 2.05) is 6.92 Å². The predicted molar refractivity (Wildman–Crippen MR) is 90.6 cm³/mol. The minimum atomic E-state index is -1.07. The zero-order chi connectivity index (χ0) is 18.1. The molecule has 1 fully saturated rings. The molecule has 3 rings (SSSR count). The number of nitrogens with one attached hydrogen (secondary N) is 1. The molecule has 2 aromatic rings. The van der Waals surface area contributed by atoms with E-state index in [0.29, 0.717) is 10.7 Å². The molecule has 2 amide bonds. The van der Waals surface area contributed by atoms with E-state index in [9.17, 15) is 18.4 Å². The molecular formula is C18H15ClF2N2O2. The van der Waals surface area contributed by atoms with Crippen LogP contribution in [0.2, 0.25) is 5.02 Å². The summed E-state index contributed by atoms with van der Waals surface area (Å²) in [4.78, 5) is 25.8. The Labute approximate surface area is 148 Å². The molecule has 0 saturated carbocycles. The first-order chi connectivity index (χ1) is 11.8. The SMILES string of the molecule is Cc1ccc(NC(=O)C2CN(C(=O)c3ccc(F)c(F)c3)C2)cc1Cl. The number of aryl methyl sites for hydroxylation is 1. The number of hydrogen-bond acceptors (Lipinski definition) is 2. The van der Waals surface area contributed by atoms with Crippen molar-refractivity contribution in [1.82, 2.24) is 4.90 Å². The monoisotopic (exact) mass is 364 g/mol. The van der Waals surface area contributed by atoms with E-state index in [-0.39, 0.29) is 30.5 Å². The van der Waals surface area contributed by atoms with Crippen molar-refractivity contribution in [1.29, 1.82) is 0 Å². The van der Waals surface area contributed by atoms with Gasteiger partial charge in [0.1, 0.15) is 0 Å². The number of benzene rings is 2. The Morgan fingerprint density at radius 1 is 1.12 bits per heavy atom. The van der Waals surface area contributed by atoms with Crippen molar-refractivity contribution < 1.29 is 18.4 Å². The van der Waals surface area contributed by atoms with Crippen molar-refractivity contribution >= 4 is 29.1 Å². The van der Waals surface area contributed by atoms with Crippen LogP contribution in [0.25, 0.3) is 0 Å². The van der Waals surface area contributed by atoms with Gasteiger partial charge in [0.05, 0.1) is 5.92 Å². The topological polar surface area (TPSA) is 49.4 Å². The smallest absolute Gasteiger partial charge is 0.254 e. The molecule has 1 saturated heterocycles. The Morgan fingerprint density at radius 3 is 2.48 bits per heavy atom. The van der Waals surface area contributed by atoms with Crippen LogP contribution in [-0.4, -0.2) is 29.8 Å². The lowest BCUT2D eigenvalue weighted by Crippen LogP contribution is -2.54. The molecule has 0 aromatic heterocycles. The summed E-state index contributed by atoms with van der Waals surface area (Å²) in [5.41, 5.74) is 1.56. The second kappa shape index (κ2) is 6.80. The molecule has 1 aliphatic rings. The van der Waals surface area contributed by atoms with Gasteiger partial charge in [-0.25, -0.2) is 8.78 Å². The summed E-state index contributed by atoms with van der Waals surface area (Å²) < 4.78 is 26.1. The molecule has 1 heterocycles. The highest BCUT2D eigenvalue weighted by molar-refractivity contribution is 6.31. The number of carbonyl (C=O) groups excluding carboxylic acids is 2. The average molecular weight is 365 g/mol. The van der Waals surface area contributed by atoms with Gasteiger partial charge in [0.15, 0.2) is 11.6 Å². The Morgan fingerprint density at radius 2 is 1.84 bits per heavy atom. The van der Waals surface area contributed by atoms with Crippen LogP contribution in [0.1, 0.15) is 15.9 Å². The lowest BCUT2D eigenvalue weighted by Gasteiger charge is -2.38. The van der Waals surface area contributed by atoms with Crippen molar-refractivity contribution in [3.8, 4) is 0 Å². The fourth-order valence-corrected chi connectivity index (χ4v) is 2.72. The summed E-state index contributed by atoms with van der Waals surface area (Å²) in [7, 11) is 0. The lowest BCUT2D eigenvalue weighted by atomic mass is 9.97. The molecule has 0 radical (unpaired) electrons. The van der Waals surface area contributed by atoms with E-state index in [1.54, 1.807) is 18.2 Å². The third-order valence-electron chi connectivity index (χ3n) is 4.15. The van der Waals surface area contributed by atoms with Crippen LogP contribution in [0.15, 0.2) is 36.4 Å². The standard InChI is InChI=1S/C18H15ClF2N2O2/c1-10-2-4-13(7-14(10)19)22-17(24)12-8-23(9-12)18(25)11-3-5-15(20)16(21)6-11/h2-7,12H,8-9H2,1H3,(H,22,24). The number of likely N-dealkylation sites (tertiary alicyclic amines) is 1. The van der Waals surface area contributed by atoms with Gasteiger partial charge in [0.25, 0.3) is 5.91 Å². The van der Waals surface area contributed by atoms with Crippen LogP contribution < -0.4 is 5.32 Å². The minimum absolute atomic E-state index is 0.0584. The number of rotatable bonds is 3. The quantitative estimate of drug-likeness (QED) is 0.904. The summed E-state index contributed by atoms with van der Waals surface area (Å²) in [6.45, 7) is 2.31. The molecule has 0 atom stereocenters. The van der Waals surface area contributed by atoms with Gasteiger partial charge < -0.3 is 10.2 Å². The molecule has 7 heteroatoms. The maximum atomic E-state index is 13.2. The number of anilines is 1. The van der Waals surface area contributed by atoms with Gasteiger partial charge in [-0.3, -0.25) is 9.59 Å². The molecule has 2 aromatic carbocycles. The second-order valence-electron chi connectivity index (χ2n) is 5.99. The first-order valence-electron chi connectivity index (χ1n) is 7.66. The van der Waals surface area contributed by atoms with Crippen LogP contribution in [-0.2, 0) is 4.79 Å². The van der Waals surface area contributed by atoms with Crippen LogP contribution in [0, 0.1) is 24.5 Å². The number of carbonyl (C=O) groups is 2. The van der Waals surface area contributed by atoms with Crippen LogP contribution in [0.3, 0.4) is 0 Å². The summed E-state index contributed by atoms with van der Waals surface area (Å²) in [6.07, 6.45) is 0. The van der Waals surface area contributed by atoms with Crippen molar-refractivity contribution in [2.75, 3.05) is 18.4 Å². The zero-order valence-electron chi connectivity index (χ0n) is 13.4. The Hall–Kier alpha value is -2.47. The summed E-state index contributed by atoms with van der Waals surface area (Å²) in [6, 6.07) is 8.22. The van der Waals surface area contributed by atoms with E-state index < -0.39 is 17.5 Å². The largest absolute Gasteiger partial charge is 0.337 e. The van der Waals surface area contributed by atoms with Crippen LogP contribution in [0.4, 0.5) is 14.5 Å². The average Bonchev–Trinajstić information content (AvgIpc) is 2.52. The van der Waals surface area contributed by atoms with Gasteiger partial charge in [0.2, 0.25) is 5.91 Å². The van der Waals surface area contributed by atoms with Gasteiger partial charge in [-0.2, -0.15) is 0 Å². The molecule has 4 nitrogen and oxygen atoms in total. The van der Waals surface area contributed by atoms with Crippen molar-refractivity contribution in [2.24, 2.45) is 5.92 Å². The number of halogens is 3. The summed E-state index contributed by atoms with van der Waals surface area (Å²) in [5.74, 6) is -3.07. The van der Waals surface area contributed by atoms with Gasteiger partial charge >= 0.3 is 0 Å². The lowest BCUT2D eigenvalue weighted by molar-refractivity contribution is -0.123. The van der Waals surface area contributed by atoms with Crippen molar-refractivity contribution in [3.05, 3.63) is 64.2 Å². The molecule has 1 aliphatic heterocycles. The first-order valence-corrected chi connectivity index (χ1v) is 8.04. The van der Waals surface area contributed by atoms with Gasteiger partial charge in [-0.05, 0) is 42.8 Å². The molecule has 0 bridgehead atoms. The number of nitrogens with zero attached hydrogens (tertiary/aromatic N) is 1. The Balaban J connectivity index is 1.57. The molecule has 130 valence electrons. The molecular weight excluding hydrogens is 350 g/mol. The third kappa shape index (κ3) is 3.64. The summed E-state index contributed by atoms with van der Waals surface area (Å²) >= 11 is 6.02. The van der Waals surface area contributed by atoms with Crippen LogP contribution >= 0.6 is 11.6 Å². The Kier molecular flexibility index (Phi) is 4.72. The minimum Gasteiger partial charge on any atom is -0.337 e. The Bertz CT molecular complexity index is 851. The molecule has 0 aliphatic carbocycles. The summed E-state index contributed by atoms with van der Waals surface area (Å²) in [5, 5.41) is 3.31.